The lowest BCUT2D eigenvalue weighted by atomic mass is 10.2. The minimum Gasteiger partial charge on any atom is -0.474 e. The number of rotatable bonds is 6. The molecule has 0 bridgehead atoms. The number of nitrogens with zero attached hydrogens (tertiary/aromatic N) is 2. The summed E-state index contributed by atoms with van der Waals surface area (Å²) >= 11 is 0. The molecule has 0 spiro atoms. The van der Waals surface area contributed by atoms with Gasteiger partial charge in [0.1, 0.15) is 6.10 Å². The molecule has 2 rings (SSSR count). The zero-order chi connectivity index (χ0) is 14.9. The van der Waals surface area contributed by atoms with Crippen molar-refractivity contribution in [1.29, 1.82) is 0 Å². The maximum atomic E-state index is 5.93. The van der Waals surface area contributed by atoms with E-state index in [2.05, 4.69) is 34.5 Å². The largest absolute Gasteiger partial charge is 0.474 e. The van der Waals surface area contributed by atoms with E-state index in [1.54, 1.807) is 6.20 Å². The van der Waals surface area contributed by atoms with Gasteiger partial charge in [-0.2, -0.15) is 0 Å². The SMILES string of the molecule is CCNC(=NCc1ccnc(OC2CCCC2)c1)NCC. The van der Waals surface area contributed by atoms with Gasteiger partial charge in [0.15, 0.2) is 5.96 Å². The van der Waals surface area contributed by atoms with Gasteiger partial charge in [-0.1, -0.05) is 0 Å². The molecular formula is C16H26N4O. The first-order valence-corrected chi connectivity index (χ1v) is 7.95. The van der Waals surface area contributed by atoms with Crippen molar-refractivity contribution in [2.24, 2.45) is 4.99 Å². The second kappa shape index (κ2) is 8.49. The number of aromatic nitrogens is 1. The van der Waals surface area contributed by atoms with Gasteiger partial charge in [0.25, 0.3) is 0 Å². The zero-order valence-corrected chi connectivity index (χ0v) is 13.1. The van der Waals surface area contributed by atoms with Gasteiger partial charge in [-0.05, 0) is 51.2 Å². The standard InChI is InChI=1S/C16H26N4O/c1-3-17-16(18-4-2)20-12-13-9-10-19-15(11-13)21-14-7-5-6-8-14/h9-11,14H,3-8,12H2,1-2H3,(H2,17,18,20). The molecule has 1 heterocycles. The second-order valence-electron chi connectivity index (χ2n) is 5.25. The Balaban J connectivity index is 1.94. The van der Waals surface area contributed by atoms with E-state index in [0.717, 1.165) is 43.3 Å². The van der Waals surface area contributed by atoms with Crippen LogP contribution in [-0.4, -0.2) is 30.1 Å². The third kappa shape index (κ3) is 5.25. The normalized spacial score (nSPS) is 14.8. The summed E-state index contributed by atoms with van der Waals surface area (Å²) in [6.07, 6.45) is 6.97. The summed E-state index contributed by atoms with van der Waals surface area (Å²) < 4.78 is 5.93. The molecule has 1 saturated carbocycles. The van der Waals surface area contributed by atoms with Crippen LogP contribution in [0.4, 0.5) is 0 Å². The smallest absolute Gasteiger partial charge is 0.213 e. The number of hydrogen-bond donors (Lipinski definition) is 2. The summed E-state index contributed by atoms with van der Waals surface area (Å²) in [4.78, 5) is 8.86. The summed E-state index contributed by atoms with van der Waals surface area (Å²) in [5, 5.41) is 6.44. The highest BCUT2D eigenvalue weighted by atomic mass is 16.5. The third-order valence-electron chi connectivity index (χ3n) is 3.50. The van der Waals surface area contributed by atoms with Crippen molar-refractivity contribution in [2.45, 2.75) is 52.2 Å². The van der Waals surface area contributed by atoms with Crippen molar-refractivity contribution in [2.75, 3.05) is 13.1 Å². The number of aliphatic imine (C=N–C) groups is 1. The van der Waals surface area contributed by atoms with Crippen molar-refractivity contribution in [1.82, 2.24) is 15.6 Å². The van der Waals surface area contributed by atoms with E-state index in [9.17, 15) is 0 Å². The van der Waals surface area contributed by atoms with Crippen LogP contribution < -0.4 is 15.4 Å². The number of nitrogens with one attached hydrogen (secondary N) is 2. The Labute approximate surface area is 127 Å². The van der Waals surface area contributed by atoms with Crippen LogP contribution in [0, 0.1) is 0 Å². The predicted octanol–water partition coefficient (Wildman–Crippen LogP) is 2.48. The molecule has 1 aromatic rings. The quantitative estimate of drug-likeness (QED) is 0.624. The lowest BCUT2D eigenvalue weighted by molar-refractivity contribution is 0.201. The fourth-order valence-corrected chi connectivity index (χ4v) is 2.47. The van der Waals surface area contributed by atoms with Gasteiger partial charge in [-0.15, -0.1) is 0 Å². The molecule has 1 fully saturated rings. The van der Waals surface area contributed by atoms with Crippen LogP contribution in [-0.2, 0) is 6.54 Å². The predicted molar refractivity (Wildman–Crippen MR) is 85.6 cm³/mol. The molecule has 116 valence electrons. The van der Waals surface area contributed by atoms with E-state index < -0.39 is 0 Å². The summed E-state index contributed by atoms with van der Waals surface area (Å²) in [5.74, 6) is 1.57. The first-order chi connectivity index (χ1) is 10.3. The van der Waals surface area contributed by atoms with Crippen molar-refractivity contribution < 1.29 is 4.74 Å². The van der Waals surface area contributed by atoms with Gasteiger partial charge in [-0.25, -0.2) is 9.98 Å². The van der Waals surface area contributed by atoms with Crippen molar-refractivity contribution in [3.05, 3.63) is 23.9 Å². The Kier molecular flexibility index (Phi) is 6.31. The van der Waals surface area contributed by atoms with Crippen LogP contribution in [0.5, 0.6) is 5.88 Å². The van der Waals surface area contributed by atoms with Gasteiger partial charge in [-0.3, -0.25) is 0 Å². The first kappa shape index (κ1) is 15.6. The highest BCUT2D eigenvalue weighted by Gasteiger charge is 2.16. The molecule has 0 saturated heterocycles. The van der Waals surface area contributed by atoms with E-state index in [-0.39, 0.29) is 0 Å². The van der Waals surface area contributed by atoms with Gasteiger partial charge < -0.3 is 15.4 Å². The molecule has 0 aromatic carbocycles. The van der Waals surface area contributed by atoms with Crippen LogP contribution in [0.3, 0.4) is 0 Å². The van der Waals surface area contributed by atoms with E-state index in [0.29, 0.717) is 12.6 Å². The fraction of sp³-hybridized carbons (Fsp3) is 0.625. The van der Waals surface area contributed by atoms with Crippen molar-refractivity contribution >= 4 is 5.96 Å². The molecule has 0 radical (unpaired) electrons. The molecule has 0 unspecified atom stereocenters. The number of guanidine groups is 1. The molecule has 2 N–H and O–H groups in total. The summed E-state index contributed by atoms with van der Waals surface area (Å²) in [6.45, 7) is 6.47. The summed E-state index contributed by atoms with van der Waals surface area (Å²) in [7, 11) is 0. The minimum atomic E-state index is 0.343. The molecule has 0 atom stereocenters. The van der Waals surface area contributed by atoms with Crippen LogP contribution >= 0.6 is 0 Å². The molecule has 1 aromatic heterocycles. The Morgan fingerprint density at radius 1 is 1.29 bits per heavy atom. The monoisotopic (exact) mass is 290 g/mol. The number of pyridine rings is 1. The van der Waals surface area contributed by atoms with E-state index in [1.807, 2.05) is 12.1 Å². The Bertz CT molecular complexity index is 447. The van der Waals surface area contributed by atoms with E-state index in [4.69, 9.17) is 4.74 Å². The maximum absolute atomic E-state index is 5.93. The molecular weight excluding hydrogens is 264 g/mol. The van der Waals surface area contributed by atoms with Gasteiger partial charge in [0.05, 0.1) is 6.54 Å². The summed E-state index contributed by atoms with van der Waals surface area (Å²) in [5.41, 5.74) is 1.12. The average molecular weight is 290 g/mol. The molecule has 0 aliphatic heterocycles. The topological polar surface area (TPSA) is 58.5 Å². The summed E-state index contributed by atoms with van der Waals surface area (Å²) in [6, 6.07) is 3.98. The fourth-order valence-electron chi connectivity index (χ4n) is 2.47. The molecule has 5 nitrogen and oxygen atoms in total. The Morgan fingerprint density at radius 2 is 2.00 bits per heavy atom. The second-order valence-corrected chi connectivity index (χ2v) is 5.25. The molecule has 0 amide bonds. The highest BCUT2D eigenvalue weighted by molar-refractivity contribution is 5.79. The minimum absolute atomic E-state index is 0.343. The van der Waals surface area contributed by atoms with E-state index >= 15 is 0 Å². The zero-order valence-electron chi connectivity index (χ0n) is 13.1. The van der Waals surface area contributed by atoms with Gasteiger partial charge in [0, 0.05) is 25.4 Å². The number of ether oxygens (including phenoxy) is 1. The first-order valence-electron chi connectivity index (χ1n) is 7.95. The van der Waals surface area contributed by atoms with Crippen molar-refractivity contribution in [3.8, 4) is 5.88 Å². The molecule has 21 heavy (non-hydrogen) atoms. The van der Waals surface area contributed by atoms with Crippen molar-refractivity contribution in [3.63, 3.8) is 0 Å². The van der Waals surface area contributed by atoms with Crippen LogP contribution in [0.1, 0.15) is 45.1 Å². The molecule has 5 heteroatoms. The van der Waals surface area contributed by atoms with E-state index in [1.165, 1.54) is 12.8 Å². The van der Waals surface area contributed by atoms with Gasteiger partial charge in [0.2, 0.25) is 5.88 Å². The number of hydrogen-bond acceptors (Lipinski definition) is 3. The van der Waals surface area contributed by atoms with Gasteiger partial charge >= 0.3 is 0 Å². The third-order valence-corrected chi connectivity index (χ3v) is 3.50. The van der Waals surface area contributed by atoms with Crippen LogP contribution in [0.2, 0.25) is 0 Å². The lowest BCUT2D eigenvalue weighted by Gasteiger charge is -2.12. The Hall–Kier alpha value is -1.78. The lowest BCUT2D eigenvalue weighted by Crippen LogP contribution is -2.36. The maximum Gasteiger partial charge on any atom is 0.213 e. The van der Waals surface area contributed by atoms with Crippen LogP contribution in [0.25, 0.3) is 0 Å². The van der Waals surface area contributed by atoms with Crippen LogP contribution in [0.15, 0.2) is 23.3 Å². The highest BCUT2D eigenvalue weighted by Crippen LogP contribution is 2.23. The molecule has 1 aliphatic carbocycles. The Morgan fingerprint density at radius 3 is 2.67 bits per heavy atom. The molecule has 1 aliphatic rings. The average Bonchev–Trinajstić information content (AvgIpc) is 2.99.